The fourth-order valence-corrected chi connectivity index (χ4v) is 3.57. The van der Waals surface area contributed by atoms with Crippen LogP contribution in [0.4, 0.5) is 0 Å². The molecular weight excluding hydrogens is 338 g/mol. The number of hydrogen-bond acceptors (Lipinski definition) is 1. The van der Waals surface area contributed by atoms with Crippen molar-refractivity contribution < 1.29 is 0 Å². The van der Waals surface area contributed by atoms with Gasteiger partial charge in [-0.15, -0.1) is 0 Å². The Labute approximate surface area is 170 Å². The molecule has 0 radical (unpaired) electrons. The minimum absolute atomic E-state index is 1.04. The Morgan fingerprint density at radius 1 is 0.571 bits per heavy atom. The van der Waals surface area contributed by atoms with E-state index >= 15 is 0 Å². The molecule has 0 spiro atoms. The van der Waals surface area contributed by atoms with Gasteiger partial charge in [0.2, 0.25) is 0 Å². The van der Waals surface area contributed by atoms with E-state index in [-0.39, 0.29) is 0 Å². The monoisotopic (exact) mass is 371 g/mol. The molecule has 0 N–H and O–H groups in total. The lowest BCUT2D eigenvalue weighted by Gasteiger charge is -2.06. The molecule has 0 aliphatic heterocycles. The van der Waals surface area contributed by atoms with Crippen LogP contribution in [0.5, 0.6) is 0 Å². The number of aryl methyl sites for hydroxylation is 4. The molecule has 0 bridgehead atoms. The van der Waals surface area contributed by atoms with E-state index in [2.05, 4.69) is 79.5 Å². The predicted octanol–water partition coefficient (Wildman–Crippen LogP) is 7.22. The van der Waals surface area contributed by atoms with Crippen LogP contribution in [-0.2, 0) is 25.7 Å². The number of rotatable bonds is 10. The highest BCUT2D eigenvalue weighted by Crippen LogP contribution is 2.19. The van der Waals surface area contributed by atoms with Crippen molar-refractivity contribution in [1.29, 1.82) is 0 Å². The van der Waals surface area contributed by atoms with Crippen LogP contribution in [0, 0.1) is 0 Å². The lowest BCUT2D eigenvalue weighted by molar-refractivity contribution is 0.667. The molecule has 3 rings (SSSR count). The van der Waals surface area contributed by atoms with Crippen LogP contribution >= 0.6 is 0 Å². The molecule has 1 heteroatoms. The topological polar surface area (TPSA) is 12.9 Å². The van der Waals surface area contributed by atoms with Gasteiger partial charge in [-0.05, 0) is 60.4 Å². The number of unbranched alkanes of at least 4 members (excludes halogenated alkanes) is 3. The summed E-state index contributed by atoms with van der Waals surface area (Å²) in [7, 11) is 0. The van der Waals surface area contributed by atoms with E-state index < -0.39 is 0 Å². The van der Waals surface area contributed by atoms with Gasteiger partial charge in [-0.3, -0.25) is 4.98 Å². The first-order valence-corrected chi connectivity index (χ1v) is 10.9. The van der Waals surface area contributed by atoms with Gasteiger partial charge in [0.05, 0.1) is 5.69 Å². The molecule has 28 heavy (non-hydrogen) atoms. The van der Waals surface area contributed by atoms with Crippen molar-refractivity contribution in [1.82, 2.24) is 4.98 Å². The van der Waals surface area contributed by atoms with Gasteiger partial charge in [0, 0.05) is 11.8 Å². The molecule has 0 saturated carbocycles. The smallest absolute Gasteiger partial charge is 0.0702 e. The zero-order chi connectivity index (χ0) is 19.6. The quantitative estimate of drug-likeness (QED) is 0.343. The normalized spacial score (nSPS) is 10.9. The fourth-order valence-electron chi connectivity index (χ4n) is 3.57. The summed E-state index contributed by atoms with van der Waals surface area (Å²) in [4.78, 5) is 4.68. The molecule has 0 aliphatic carbocycles. The van der Waals surface area contributed by atoms with Gasteiger partial charge in [-0.1, -0.05) is 87.7 Å². The Bertz CT molecular complexity index is 814. The minimum atomic E-state index is 1.04. The molecule has 0 aliphatic rings. The SMILES string of the molecule is CCCCCCc1ccc(CCc2ccc(-c3ccc(CC)cc3)nc2)cc1. The maximum Gasteiger partial charge on any atom is 0.0702 e. The molecule has 0 amide bonds. The van der Waals surface area contributed by atoms with Gasteiger partial charge < -0.3 is 0 Å². The van der Waals surface area contributed by atoms with Crippen molar-refractivity contribution in [3.63, 3.8) is 0 Å². The van der Waals surface area contributed by atoms with Crippen molar-refractivity contribution >= 4 is 0 Å². The predicted molar refractivity (Wildman–Crippen MR) is 121 cm³/mol. The van der Waals surface area contributed by atoms with Crippen molar-refractivity contribution in [3.8, 4) is 11.3 Å². The average molecular weight is 372 g/mol. The first-order valence-electron chi connectivity index (χ1n) is 10.9. The molecule has 0 saturated heterocycles. The van der Waals surface area contributed by atoms with Gasteiger partial charge >= 0.3 is 0 Å². The lowest BCUT2D eigenvalue weighted by Crippen LogP contribution is -1.94. The number of pyridine rings is 1. The third kappa shape index (κ3) is 6.05. The van der Waals surface area contributed by atoms with E-state index in [1.807, 2.05) is 6.20 Å². The largest absolute Gasteiger partial charge is 0.256 e. The number of benzene rings is 2. The highest BCUT2D eigenvalue weighted by atomic mass is 14.7. The van der Waals surface area contributed by atoms with Crippen LogP contribution in [0.2, 0.25) is 0 Å². The summed E-state index contributed by atoms with van der Waals surface area (Å²) in [6.07, 6.45) is 11.8. The van der Waals surface area contributed by atoms with Crippen LogP contribution < -0.4 is 0 Å². The van der Waals surface area contributed by atoms with Crippen molar-refractivity contribution in [2.45, 2.75) is 65.2 Å². The molecule has 1 aromatic heterocycles. The standard InChI is InChI=1S/C27H33N/c1-3-5-6-7-8-23-9-11-24(12-10-23)13-14-25-17-20-27(28-21-25)26-18-15-22(4-2)16-19-26/h9-12,15-21H,3-8,13-14H2,1-2H3. The first-order chi connectivity index (χ1) is 13.8. The van der Waals surface area contributed by atoms with Crippen LogP contribution in [0.3, 0.4) is 0 Å². The van der Waals surface area contributed by atoms with E-state index in [1.165, 1.54) is 59.9 Å². The summed E-state index contributed by atoms with van der Waals surface area (Å²) in [6, 6.07) is 22.3. The Morgan fingerprint density at radius 3 is 1.79 bits per heavy atom. The second kappa shape index (κ2) is 10.8. The molecule has 0 atom stereocenters. The summed E-state index contributed by atoms with van der Waals surface area (Å²) in [5.41, 5.74) is 7.80. The summed E-state index contributed by atoms with van der Waals surface area (Å²) in [6.45, 7) is 4.45. The lowest BCUT2D eigenvalue weighted by atomic mass is 10.0. The third-order valence-electron chi connectivity index (χ3n) is 5.53. The fraction of sp³-hybridized carbons (Fsp3) is 0.370. The van der Waals surface area contributed by atoms with E-state index in [1.54, 1.807) is 0 Å². The van der Waals surface area contributed by atoms with Crippen molar-refractivity contribution in [2.24, 2.45) is 0 Å². The van der Waals surface area contributed by atoms with Crippen LogP contribution in [-0.4, -0.2) is 4.98 Å². The number of hydrogen-bond donors (Lipinski definition) is 0. The zero-order valence-corrected chi connectivity index (χ0v) is 17.5. The summed E-state index contributed by atoms with van der Waals surface area (Å²) in [5.74, 6) is 0. The Balaban J connectivity index is 1.50. The molecular formula is C27H33N. The van der Waals surface area contributed by atoms with E-state index in [0.29, 0.717) is 0 Å². The van der Waals surface area contributed by atoms with Crippen molar-refractivity contribution in [3.05, 3.63) is 89.1 Å². The second-order valence-electron chi connectivity index (χ2n) is 7.73. The zero-order valence-electron chi connectivity index (χ0n) is 17.5. The summed E-state index contributed by atoms with van der Waals surface area (Å²) < 4.78 is 0. The van der Waals surface area contributed by atoms with Crippen molar-refractivity contribution in [2.75, 3.05) is 0 Å². The minimum Gasteiger partial charge on any atom is -0.256 e. The van der Waals surface area contributed by atoms with Gasteiger partial charge in [-0.2, -0.15) is 0 Å². The van der Waals surface area contributed by atoms with Crippen LogP contribution in [0.1, 0.15) is 61.8 Å². The molecule has 1 nitrogen and oxygen atoms in total. The van der Waals surface area contributed by atoms with Gasteiger partial charge in [0.1, 0.15) is 0 Å². The van der Waals surface area contributed by atoms with Crippen LogP contribution in [0.15, 0.2) is 66.9 Å². The van der Waals surface area contributed by atoms with Gasteiger partial charge in [0.15, 0.2) is 0 Å². The Kier molecular flexibility index (Phi) is 7.84. The maximum atomic E-state index is 4.68. The molecule has 2 aromatic carbocycles. The average Bonchev–Trinajstić information content (AvgIpc) is 2.76. The Morgan fingerprint density at radius 2 is 1.18 bits per heavy atom. The number of aromatic nitrogens is 1. The molecule has 3 aromatic rings. The molecule has 0 fully saturated rings. The molecule has 146 valence electrons. The van der Waals surface area contributed by atoms with Gasteiger partial charge in [0.25, 0.3) is 0 Å². The molecule has 0 unspecified atom stereocenters. The molecule has 1 heterocycles. The summed E-state index contributed by atoms with van der Waals surface area (Å²) >= 11 is 0. The Hall–Kier alpha value is -2.41. The van der Waals surface area contributed by atoms with E-state index in [0.717, 1.165) is 25.0 Å². The summed E-state index contributed by atoms with van der Waals surface area (Å²) in [5, 5.41) is 0. The second-order valence-corrected chi connectivity index (χ2v) is 7.73. The first kappa shape index (κ1) is 20.3. The highest BCUT2D eigenvalue weighted by molar-refractivity contribution is 5.59. The highest BCUT2D eigenvalue weighted by Gasteiger charge is 2.02. The number of nitrogens with zero attached hydrogens (tertiary/aromatic N) is 1. The van der Waals surface area contributed by atoms with E-state index in [9.17, 15) is 0 Å². The third-order valence-corrected chi connectivity index (χ3v) is 5.53. The van der Waals surface area contributed by atoms with Gasteiger partial charge in [-0.25, -0.2) is 0 Å². The van der Waals surface area contributed by atoms with E-state index in [4.69, 9.17) is 0 Å². The maximum absolute atomic E-state index is 4.68. The van der Waals surface area contributed by atoms with Crippen LogP contribution in [0.25, 0.3) is 11.3 Å².